The van der Waals surface area contributed by atoms with Gasteiger partial charge in [-0.1, -0.05) is 65.8 Å². The monoisotopic (exact) mass is 365 g/mol. The molecular weight excluding hydrogens is 334 g/mol. The lowest BCUT2D eigenvalue weighted by atomic mass is 9.80. The molecule has 0 aliphatic rings. The summed E-state index contributed by atoms with van der Waals surface area (Å²) < 4.78 is 5.29. The molecule has 0 heterocycles. The molecule has 0 atom stereocenters. The first-order valence-corrected chi connectivity index (χ1v) is 9.48. The van der Waals surface area contributed by atoms with Crippen LogP contribution in [-0.4, -0.2) is 18.8 Å². The van der Waals surface area contributed by atoms with Gasteiger partial charge in [0.25, 0.3) is 0 Å². The third-order valence-electron chi connectivity index (χ3n) is 4.38. The van der Waals surface area contributed by atoms with Crippen LogP contribution in [0.15, 0.2) is 53.5 Å². The topological polar surface area (TPSA) is 38.7 Å². The van der Waals surface area contributed by atoms with E-state index in [0.29, 0.717) is 18.6 Å². The van der Waals surface area contributed by atoms with Crippen molar-refractivity contribution in [3.05, 3.63) is 65.2 Å². The van der Waals surface area contributed by atoms with E-state index in [1.165, 1.54) is 11.1 Å². The Morgan fingerprint density at radius 3 is 2.00 bits per heavy atom. The van der Waals surface area contributed by atoms with E-state index in [0.717, 1.165) is 5.69 Å². The standard InChI is InChI=1S/C24H31NO2/c1-23(2,3)19-15-20(24(4,5)6)17-21(16-19)25-13-10-14-27-22(26)18-11-8-7-9-12-18/h7-9,11-13,15-17H,10,14H2,1-6H3. The van der Waals surface area contributed by atoms with Gasteiger partial charge in [0.2, 0.25) is 0 Å². The predicted molar refractivity (Wildman–Crippen MR) is 113 cm³/mol. The molecule has 0 bridgehead atoms. The summed E-state index contributed by atoms with van der Waals surface area (Å²) in [5, 5.41) is 0. The molecule has 0 saturated carbocycles. The maximum absolute atomic E-state index is 11.9. The van der Waals surface area contributed by atoms with Crippen LogP contribution in [0.3, 0.4) is 0 Å². The van der Waals surface area contributed by atoms with Crippen molar-refractivity contribution in [1.82, 2.24) is 0 Å². The summed E-state index contributed by atoms with van der Waals surface area (Å²) in [6, 6.07) is 15.6. The van der Waals surface area contributed by atoms with Gasteiger partial charge in [-0.3, -0.25) is 4.99 Å². The van der Waals surface area contributed by atoms with Crippen LogP contribution in [0.4, 0.5) is 5.69 Å². The van der Waals surface area contributed by atoms with Crippen molar-refractivity contribution < 1.29 is 9.53 Å². The molecule has 0 fully saturated rings. The van der Waals surface area contributed by atoms with E-state index < -0.39 is 0 Å². The molecule has 2 aromatic rings. The zero-order valence-corrected chi connectivity index (χ0v) is 17.4. The first-order valence-electron chi connectivity index (χ1n) is 9.48. The highest BCUT2D eigenvalue weighted by Crippen LogP contribution is 2.32. The molecule has 144 valence electrons. The molecule has 0 spiro atoms. The largest absolute Gasteiger partial charge is 0.462 e. The van der Waals surface area contributed by atoms with Gasteiger partial charge in [-0.05, 0) is 46.2 Å². The van der Waals surface area contributed by atoms with Gasteiger partial charge in [0.1, 0.15) is 0 Å². The fourth-order valence-electron chi connectivity index (χ4n) is 2.58. The molecule has 2 rings (SSSR count). The minimum atomic E-state index is -0.297. The maximum Gasteiger partial charge on any atom is 0.338 e. The highest BCUT2D eigenvalue weighted by molar-refractivity contribution is 5.89. The second kappa shape index (κ2) is 8.51. The van der Waals surface area contributed by atoms with E-state index in [1.54, 1.807) is 12.1 Å². The Hall–Kier alpha value is -2.42. The number of carbonyl (C=O) groups is 1. The zero-order valence-electron chi connectivity index (χ0n) is 17.4. The first-order chi connectivity index (χ1) is 12.6. The fraction of sp³-hybridized carbons (Fsp3) is 0.417. The number of ether oxygens (including phenoxy) is 1. The van der Waals surface area contributed by atoms with Gasteiger partial charge in [0, 0.05) is 12.6 Å². The minimum Gasteiger partial charge on any atom is -0.462 e. The summed E-state index contributed by atoms with van der Waals surface area (Å²) in [4.78, 5) is 16.5. The Kier molecular flexibility index (Phi) is 6.59. The average Bonchev–Trinajstić information content (AvgIpc) is 2.60. The first kappa shape index (κ1) is 20.9. The Labute approximate surface area is 163 Å². The average molecular weight is 366 g/mol. The van der Waals surface area contributed by atoms with Gasteiger partial charge in [0.05, 0.1) is 17.9 Å². The van der Waals surface area contributed by atoms with Crippen molar-refractivity contribution in [2.45, 2.75) is 58.8 Å². The Balaban J connectivity index is 2.02. The van der Waals surface area contributed by atoms with Crippen LogP contribution < -0.4 is 0 Å². The Bertz CT molecular complexity index is 761. The van der Waals surface area contributed by atoms with Crippen LogP contribution in [0.25, 0.3) is 0 Å². The summed E-state index contributed by atoms with van der Waals surface area (Å²) in [6.45, 7) is 13.6. The third kappa shape index (κ3) is 6.35. The number of hydrogen-bond donors (Lipinski definition) is 0. The Morgan fingerprint density at radius 2 is 1.48 bits per heavy atom. The smallest absolute Gasteiger partial charge is 0.338 e. The highest BCUT2D eigenvalue weighted by atomic mass is 16.5. The molecule has 0 amide bonds. The van der Waals surface area contributed by atoms with Crippen molar-refractivity contribution in [3.63, 3.8) is 0 Å². The highest BCUT2D eigenvalue weighted by Gasteiger charge is 2.20. The Morgan fingerprint density at radius 1 is 0.926 bits per heavy atom. The SMILES string of the molecule is CC(C)(C)c1cc(N=CCCOC(=O)c2ccccc2)cc(C(C)(C)C)c1. The number of esters is 1. The number of carbonyl (C=O) groups excluding carboxylic acids is 1. The third-order valence-corrected chi connectivity index (χ3v) is 4.38. The molecule has 0 aliphatic heterocycles. The van der Waals surface area contributed by atoms with Crippen LogP contribution in [-0.2, 0) is 15.6 Å². The van der Waals surface area contributed by atoms with E-state index in [-0.39, 0.29) is 16.8 Å². The van der Waals surface area contributed by atoms with E-state index in [2.05, 4.69) is 64.7 Å². The second-order valence-corrected chi connectivity index (χ2v) is 8.87. The molecule has 0 saturated heterocycles. The summed E-state index contributed by atoms with van der Waals surface area (Å²) in [5.74, 6) is -0.297. The van der Waals surface area contributed by atoms with E-state index in [4.69, 9.17) is 4.74 Å². The number of hydrogen-bond acceptors (Lipinski definition) is 3. The van der Waals surface area contributed by atoms with Crippen molar-refractivity contribution in [1.29, 1.82) is 0 Å². The summed E-state index contributed by atoms with van der Waals surface area (Å²) in [6.07, 6.45) is 2.41. The molecule has 27 heavy (non-hydrogen) atoms. The molecule has 0 aromatic heterocycles. The summed E-state index contributed by atoms with van der Waals surface area (Å²) >= 11 is 0. The molecule has 2 aromatic carbocycles. The van der Waals surface area contributed by atoms with Gasteiger partial charge in [-0.15, -0.1) is 0 Å². The second-order valence-electron chi connectivity index (χ2n) is 8.87. The van der Waals surface area contributed by atoms with Gasteiger partial charge >= 0.3 is 5.97 Å². The molecule has 0 N–H and O–H groups in total. The fourth-order valence-corrected chi connectivity index (χ4v) is 2.58. The van der Waals surface area contributed by atoms with E-state index >= 15 is 0 Å². The number of nitrogens with zero attached hydrogens (tertiary/aromatic N) is 1. The van der Waals surface area contributed by atoms with Crippen molar-refractivity contribution in [2.24, 2.45) is 4.99 Å². The van der Waals surface area contributed by atoms with Crippen LogP contribution in [0.2, 0.25) is 0 Å². The van der Waals surface area contributed by atoms with Crippen molar-refractivity contribution in [2.75, 3.05) is 6.61 Å². The zero-order chi connectivity index (χ0) is 20.1. The quantitative estimate of drug-likeness (QED) is 0.358. The molecule has 0 radical (unpaired) electrons. The number of benzene rings is 2. The molecule has 0 unspecified atom stereocenters. The van der Waals surface area contributed by atoms with Crippen LogP contribution >= 0.6 is 0 Å². The summed E-state index contributed by atoms with van der Waals surface area (Å²) in [7, 11) is 0. The van der Waals surface area contributed by atoms with Gasteiger partial charge < -0.3 is 4.74 Å². The molecule has 0 aliphatic carbocycles. The van der Waals surface area contributed by atoms with E-state index in [9.17, 15) is 4.79 Å². The summed E-state index contributed by atoms with van der Waals surface area (Å²) in [5.41, 5.74) is 4.20. The van der Waals surface area contributed by atoms with Crippen molar-refractivity contribution in [3.8, 4) is 0 Å². The van der Waals surface area contributed by atoms with Gasteiger partial charge in [0.15, 0.2) is 0 Å². The lowest BCUT2D eigenvalue weighted by Gasteiger charge is -2.25. The lowest BCUT2D eigenvalue weighted by molar-refractivity contribution is 0.0516. The molecular formula is C24H31NO2. The van der Waals surface area contributed by atoms with Crippen LogP contribution in [0, 0.1) is 0 Å². The lowest BCUT2D eigenvalue weighted by Crippen LogP contribution is -2.16. The minimum absolute atomic E-state index is 0.0662. The predicted octanol–water partition coefficient (Wildman–Crippen LogP) is 6.23. The van der Waals surface area contributed by atoms with Crippen LogP contribution in [0.1, 0.15) is 69.4 Å². The maximum atomic E-state index is 11.9. The van der Waals surface area contributed by atoms with Gasteiger partial charge in [-0.25, -0.2) is 4.79 Å². The number of aliphatic imine (C=N–C) groups is 1. The number of rotatable bonds is 5. The van der Waals surface area contributed by atoms with E-state index in [1.807, 2.05) is 24.4 Å². The molecule has 3 heteroatoms. The molecule has 3 nitrogen and oxygen atoms in total. The van der Waals surface area contributed by atoms with Crippen molar-refractivity contribution >= 4 is 17.9 Å². The van der Waals surface area contributed by atoms with Gasteiger partial charge in [-0.2, -0.15) is 0 Å². The van der Waals surface area contributed by atoms with Crippen LogP contribution in [0.5, 0.6) is 0 Å². The normalized spacial score (nSPS) is 12.4.